The van der Waals surface area contributed by atoms with Gasteiger partial charge in [0.1, 0.15) is 5.82 Å². The summed E-state index contributed by atoms with van der Waals surface area (Å²) in [5.74, 6) is -1.55. The van der Waals surface area contributed by atoms with E-state index in [1.54, 1.807) is 48.5 Å². The van der Waals surface area contributed by atoms with Crippen molar-refractivity contribution in [1.82, 2.24) is 9.55 Å². The Morgan fingerprint density at radius 1 is 0.867 bits per heavy atom. The fraction of sp³-hybridized carbons (Fsp3) is 0.0909. The van der Waals surface area contributed by atoms with Crippen molar-refractivity contribution in [1.29, 1.82) is 0 Å². The second kappa shape index (κ2) is 12.9. The number of carbonyl (C=O) groups is 1. The minimum Gasteiger partial charge on any atom is -0.478 e. The molecule has 0 fully saturated rings. The number of aromatic carboxylic acids is 1. The Morgan fingerprint density at radius 2 is 1.58 bits per heavy atom. The first-order chi connectivity index (χ1) is 21.3. The van der Waals surface area contributed by atoms with Crippen molar-refractivity contribution in [3.05, 3.63) is 135 Å². The normalized spacial score (nSPS) is 12.1. The van der Waals surface area contributed by atoms with Crippen LogP contribution in [-0.4, -0.2) is 34.6 Å². The van der Waals surface area contributed by atoms with E-state index >= 15 is 0 Å². The second-order valence-electron chi connectivity index (χ2n) is 10.1. The summed E-state index contributed by atoms with van der Waals surface area (Å²) >= 11 is 12.5. The van der Waals surface area contributed by atoms with Gasteiger partial charge < -0.3 is 9.67 Å². The minimum absolute atomic E-state index is 0.0369. The Kier molecular flexibility index (Phi) is 9.20. The molecular formula is C33H23Cl2F3N2O4S. The third-order valence-electron chi connectivity index (χ3n) is 6.87. The maximum absolute atomic E-state index is 12.8. The van der Waals surface area contributed by atoms with Crippen molar-refractivity contribution in [2.24, 2.45) is 0 Å². The van der Waals surface area contributed by atoms with E-state index in [0.717, 1.165) is 11.1 Å². The highest BCUT2D eigenvalue weighted by Gasteiger charge is 2.45. The molecule has 0 unspecified atom stereocenters. The van der Waals surface area contributed by atoms with Gasteiger partial charge in [-0.2, -0.15) is 13.2 Å². The highest BCUT2D eigenvalue weighted by atomic mass is 35.5. The molecule has 0 aliphatic rings. The molecule has 1 N–H and O–H groups in total. The van der Waals surface area contributed by atoms with E-state index in [4.69, 9.17) is 28.2 Å². The van der Waals surface area contributed by atoms with Crippen LogP contribution in [0.3, 0.4) is 0 Å². The lowest BCUT2D eigenvalue weighted by Crippen LogP contribution is -2.24. The number of nitrogens with zero attached hydrogens (tertiary/aromatic N) is 2. The van der Waals surface area contributed by atoms with Crippen LogP contribution in [0.2, 0.25) is 10.0 Å². The SMILES string of the molecule is O=C(O)c1ccc(Cn2cc(-c3ccc(Cl)cc3Cl)nc2/C=C/c2ccc(-c3cccc(CS(=O)(=O)C(F)(F)F)c3)cc2)cc1. The summed E-state index contributed by atoms with van der Waals surface area (Å²) < 4.78 is 63.7. The largest absolute Gasteiger partial charge is 0.497 e. The third-order valence-corrected chi connectivity index (χ3v) is 8.84. The second-order valence-corrected chi connectivity index (χ2v) is 12.9. The average Bonchev–Trinajstić information content (AvgIpc) is 3.38. The Balaban J connectivity index is 1.41. The van der Waals surface area contributed by atoms with E-state index in [-0.39, 0.29) is 11.1 Å². The average molecular weight is 672 g/mol. The molecule has 0 aliphatic heterocycles. The molecule has 0 aliphatic carbocycles. The molecule has 0 amide bonds. The van der Waals surface area contributed by atoms with E-state index in [9.17, 15) is 31.5 Å². The van der Waals surface area contributed by atoms with E-state index < -0.39 is 27.1 Å². The number of rotatable bonds is 9. The monoisotopic (exact) mass is 670 g/mol. The lowest BCUT2D eigenvalue weighted by molar-refractivity contribution is -0.0437. The van der Waals surface area contributed by atoms with Crippen molar-refractivity contribution in [2.75, 3.05) is 0 Å². The number of alkyl halides is 3. The molecule has 1 heterocycles. The number of aromatic nitrogens is 2. The maximum Gasteiger partial charge on any atom is 0.497 e. The maximum atomic E-state index is 12.8. The number of hydrogen-bond acceptors (Lipinski definition) is 4. The minimum atomic E-state index is -5.32. The van der Waals surface area contributed by atoms with Crippen LogP contribution in [0.5, 0.6) is 0 Å². The first-order valence-electron chi connectivity index (χ1n) is 13.3. The highest BCUT2D eigenvalue weighted by molar-refractivity contribution is 7.91. The van der Waals surface area contributed by atoms with E-state index in [1.807, 2.05) is 35.0 Å². The van der Waals surface area contributed by atoms with Crippen LogP contribution in [0.1, 0.15) is 32.9 Å². The van der Waals surface area contributed by atoms with Crippen molar-refractivity contribution in [2.45, 2.75) is 17.8 Å². The standard InChI is InChI=1S/C33H23Cl2F3N2O4S/c34-27-13-14-28(29(35)17-27)30-19-40(18-22-6-11-25(12-7-22)32(41)42)31(39-30)15-8-21-4-9-24(10-5-21)26-3-1-2-23(16-26)20-45(43,44)33(36,37)38/h1-17,19H,18,20H2,(H,41,42)/b15-8+. The number of carboxylic acids is 1. The number of imidazole rings is 1. The highest BCUT2D eigenvalue weighted by Crippen LogP contribution is 2.31. The van der Waals surface area contributed by atoms with Crippen LogP contribution in [0, 0.1) is 0 Å². The number of sulfone groups is 1. The summed E-state index contributed by atoms with van der Waals surface area (Å²) in [7, 11) is -5.29. The smallest absolute Gasteiger partial charge is 0.478 e. The number of hydrogen-bond donors (Lipinski definition) is 1. The van der Waals surface area contributed by atoms with E-state index in [0.29, 0.717) is 44.8 Å². The molecule has 4 aromatic carbocycles. The Morgan fingerprint density at radius 3 is 2.22 bits per heavy atom. The molecule has 0 radical (unpaired) electrons. The van der Waals surface area contributed by atoms with Crippen LogP contribution in [0.15, 0.2) is 97.2 Å². The summed E-state index contributed by atoms with van der Waals surface area (Å²) in [4.78, 5) is 16.0. The summed E-state index contributed by atoms with van der Waals surface area (Å²) in [5, 5.41) is 10.1. The van der Waals surface area contributed by atoms with Gasteiger partial charge in [-0.3, -0.25) is 0 Å². The van der Waals surface area contributed by atoms with Crippen LogP contribution in [0.25, 0.3) is 34.5 Å². The van der Waals surface area contributed by atoms with E-state index in [1.165, 1.54) is 30.3 Å². The first kappa shape index (κ1) is 32.0. The summed E-state index contributed by atoms with van der Waals surface area (Å²) in [6, 6.07) is 24.9. The molecule has 6 nitrogen and oxygen atoms in total. The number of halogens is 5. The Hall–Kier alpha value is -4.38. The van der Waals surface area contributed by atoms with Gasteiger partial charge in [-0.05, 0) is 64.2 Å². The summed E-state index contributed by atoms with van der Waals surface area (Å²) in [6.45, 7) is 0.400. The van der Waals surface area contributed by atoms with Crippen LogP contribution in [0.4, 0.5) is 13.2 Å². The fourth-order valence-electron chi connectivity index (χ4n) is 4.57. The van der Waals surface area contributed by atoms with Gasteiger partial charge in [0, 0.05) is 23.3 Å². The van der Waals surface area contributed by atoms with Crippen molar-refractivity contribution in [3.63, 3.8) is 0 Å². The third kappa shape index (κ3) is 7.65. The molecule has 45 heavy (non-hydrogen) atoms. The van der Waals surface area contributed by atoms with E-state index in [2.05, 4.69) is 0 Å². The fourth-order valence-corrected chi connectivity index (χ4v) is 5.85. The topological polar surface area (TPSA) is 89.3 Å². The zero-order valence-electron chi connectivity index (χ0n) is 23.2. The predicted molar refractivity (Wildman–Crippen MR) is 170 cm³/mol. The molecule has 0 bridgehead atoms. The zero-order valence-corrected chi connectivity index (χ0v) is 25.5. The molecular weight excluding hydrogens is 648 g/mol. The molecule has 0 saturated carbocycles. The molecule has 0 saturated heterocycles. The van der Waals surface area contributed by atoms with Crippen molar-refractivity contribution < 1.29 is 31.5 Å². The molecule has 5 aromatic rings. The summed E-state index contributed by atoms with van der Waals surface area (Å²) in [6.07, 6.45) is 5.50. The van der Waals surface area contributed by atoms with Gasteiger partial charge in [-0.15, -0.1) is 0 Å². The van der Waals surface area contributed by atoms with Gasteiger partial charge in [0.05, 0.1) is 22.0 Å². The number of carboxylic acid groups (broad SMARTS) is 1. The Labute approximate surface area is 266 Å². The van der Waals surface area contributed by atoms with Gasteiger partial charge in [0.15, 0.2) is 0 Å². The van der Waals surface area contributed by atoms with Gasteiger partial charge in [-0.25, -0.2) is 18.2 Å². The Bertz CT molecular complexity index is 2010. The van der Waals surface area contributed by atoms with Gasteiger partial charge in [0.25, 0.3) is 9.84 Å². The predicted octanol–water partition coefficient (Wildman–Crippen LogP) is 8.88. The van der Waals surface area contributed by atoms with Gasteiger partial charge >= 0.3 is 11.5 Å². The molecule has 1 aromatic heterocycles. The molecule has 5 rings (SSSR count). The number of benzene rings is 4. The lowest BCUT2D eigenvalue weighted by atomic mass is 10.0. The van der Waals surface area contributed by atoms with Crippen molar-refractivity contribution in [3.8, 4) is 22.4 Å². The summed E-state index contributed by atoms with van der Waals surface area (Å²) in [5.41, 5.74) is -0.866. The quantitative estimate of drug-likeness (QED) is 0.169. The lowest BCUT2D eigenvalue weighted by Gasteiger charge is -2.09. The van der Waals surface area contributed by atoms with Gasteiger partial charge in [0.2, 0.25) is 0 Å². The van der Waals surface area contributed by atoms with Crippen LogP contribution >= 0.6 is 23.2 Å². The zero-order chi connectivity index (χ0) is 32.4. The van der Waals surface area contributed by atoms with Crippen LogP contribution in [-0.2, 0) is 22.1 Å². The molecule has 12 heteroatoms. The van der Waals surface area contributed by atoms with Crippen LogP contribution < -0.4 is 0 Å². The van der Waals surface area contributed by atoms with Gasteiger partial charge in [-0.1, -0.05) is 89.9 Å². The molecule has 230 valence electrons. The molecule has 0 atom stereocenters. The first-order valence-corrected chi connectivity index (χ1v) is 15.7. The van der Waals surface area contributed by atoms with Crippen molar-refractivity contribution >= 4 is 51.2 Å². The molecule has 0 spiro atoms.